The third-order valence-corrected chi connectivity index (χ3v) is 5.05. The SMILES string of the molecule is Cc1ncnc(N2CCN(C(=O)c3cc(-c4ccc(F)cc4)nn3C)CC2)c1F. The molecule has 0 atom stereocenters. The first-order valence-corrected chi connectivity index (χ1v) is 9.25. The average Bonchev–Trinajstić information content (AvgIpc) is 3.12. The van der Waals surface area contributed by atoms with Crippen molar-refractivity contribution in [2.75, 3.05) is 31.1 Å². The smallest absolute Gasteiger partial charge is 0.272 e. The lowest BCUT2D eigenvalue weighted by Gasteiger charge is -2.35. The number of carbonyl (C=O) groups excluding carboxylic acids is 1. The third kappa shape index (κ3) is 3.67. The first-order chi connectivity index (χ1) is 13.9. The highest BCUT2D eigenvalue weighted by Crippen LogP contribution is 2.22. The summed E-state index contributed by atoms with van der Waals surface area (Å²) in [6.45, 7) is 3.43. The number of piperazine rings is 1. The van der Waals surface area contributed by atoms with Gasteiger partial charge in [0, 0.05) is 38.8 Å². The van der Waals surface area contributed by atoms with Gasteiger partial charge in [0.2, 0.25) is 0 Å². The van der Waals surface area contributed by atoms with E-state index >= 15 is 0 Å². The fraction of sp³-hybridized carbons (Fsp3) is 0.300. The van der Waals surface area contributed by atoms with Gasteiger partial charge in [-0.05, 0) is 37.3 Å². The molecule has 4 rings (SSSR count). The Kier molecular flexibility index (Phi) is 4.96. The summed E-state index contributed by atoms with van der Waals surface area (Å²) in [7, 11) is 1.70. The lowest BCUT2D eigenvalue weighted by atomic mass is 10.1. The minimum Gasteiger partial charge on any atom is -0.351 e. The normalized spacial score (nSPS) is 14.3. The highest BCUT2D eigenvalue weighted by atomic mass is 19.1. The number of benzene rings is 1. The van der Waals surface area contributed by atoms with Crippen LogP contribution in [0.4, 0.5) is 14.6 Å². The maximum Gasteiger partial charge on any atom is 0.272 e. The Morgan fingerprint density at radius 1 is 1.03 bits per heavy atom. The Morgan fingerprint density at radius 3 is 2.41 bits per heavy atom. The number of aromatic nitrogens is 4. The minimum absolute atomic E-state index is 0.146. The van der Waals surface area contributed by atoms with Crippen molar-refractivity contribution in [1.82, 2.24) is 24.6 Å². The molecule has 0 bridgehead atoms. The number of amides is 1. The monoisotopic (exact) mass is 398 g/mol. The maximum atomic E-state index is 14.3. The van der Waals surface area contributed by atoms with E-state index in [9.17, 15) is 13.6 Å². The molecule has 1 saturated heterocycles. The van der Waals surface area contributed by atoms with Gasteiger partial charge in [-0.1, -0.05) is 0 Å². The molecule has 1 aliphatic heterocycles. The standard InChI is InChI=1S/C20H20F2N6O/c1-13-18(22)19(24-12-23-13)27-7-9-28(10-8-27)20(29)17-11-16(25-26(17)2)14-3-5-15(21)6-4-14/h3-6,11-12H,7-10H2,1-2H3. The molecule has 2 aromatic heterocycles. The third-order valence-electron chi connectivity index (χ3n) is 5.05. The van der Waals surface area contributed by atoms with Gasteiger partial charge in [-0.25, -0.2) is 18.7 Å². The quantitative estimate of drug-likeness (QED) is 0.678. The topological polar surface area (TPSA) is 67.2 Å². The number of anilines is 1. The first kappa shape index (κ1) is 19.0. The largest absolute Gasteiger partial charge is 0.351 e. The van der Waals surface area contributed by atoms with Gasteiger partial charge < -0.3 is 9.80 Å². The van der Waals surface area contributed by atoms with E-state index in [1.807, 2.05) is 4.90 Å². The Morgan fingerprint density at radius 2 is 1.72 bits per heavy atom. The molecule has 0 unspecified atom stereocenters. The van der Waals surface area contributed by atoms with Gasteiger partial charge in [-0.3, -0.25) is 9.48 Å². The summed E-state index contributed by atoms with van der Waals surface area (Å²) in [6.07, 6.45) is 1.35. The molecule has 29 heavy (non-hydrogen) atoms. The van der Waals surface area contributed by atoms with Crippen molar-refractivity contribution in [2.24, 2.45) is 7.05 Å². The average molecular weight is 398 g/mol. The fourth-order valence-corrected chi connectivity index (χ4v) is 3.38. The van der Waals surface area contributed by atoms with Gasteiger partial charge in [-0.15, -0.1) is 0 Å². The van der Waals surface area contributed by atoms with Crippen LogP contribution in [0.15, 0.2) is 36.7 Å². The van der Waals surface area contributed by atoms with Crippen molar-refractivity contribution < 1.29 is 13.6 Å². The summed E-state index contributed by atoms with van der Waals surface area (Å²) in [4.78, 5) is 24.4. The van der Waals surface area contributed by atoms with Crippen LogP contribution in [-0.2, 0) is 7.05 Å². The number of aryl methyl sites for hydroxylation is 2. The van der Waals surface area contributed by atoms with Crippen LogP contribution in [0.5, 0.6) is 0 Å². The molecule has 3 heterocycles. The van der Waals surface area contributed by atoms with E-state index in [2.05, 4.69) is 15.1 Å². The second kappa shape index (κ2) is 7.57. The molecule has 1 aliphatic rings. The van der Waals surface area contributed by atoms with Gasteiger partial charge in [0.15, 0.2) is 11.6 Å². The highest BCUT2D eigenvalue weighted by Gasteiger charge is 2.27. The Labute approximate surface area is 166 Å². The maximum absolute atomic E-state index is 14.3. The molecule has 1 fully saturated rings. The lowest BCUT2D eigenvalue weighted by Crippen LogP contribution is -2.49. The number of halogens is 2. The van der Waals surface area contributed by atoms with Crippen LogP contribution >= 0.6 is 0 Å². The van der Waals surface area contributed by atoms with E-state index < -0.39 is 5.82 Å². The Balaban J connectivity index is 1.47. The van der Waals surface area contributed by atoms with Crippen LogP contribution in [0.2, 0.25) is 0 Å². The van der Waals surface area contributed by atoms with E-state index in [0.717, 1.165) is 5.56 Å². The van der Waals surface area contributed by atoms with Gasteiger partial charge in [-0.2, -0.15) is 5.10 Å². The molecule has 0 radical (unpaired) electrons. The van der Waals surface area contributed by atoms with Gasteiger partial charge in [0.1, 0.15) is 17.8 Å². The molecule has 1 amide bonds. The number of nitrogens with zero attached hydrogens (tertiary/aromatic N) is 6. The Hall–Kier alpha value is -3.36. The molecule has 0 aliphatic carbocycles. The summed E-state index contributed by atoms with van der Waals surface area (Å²) in [5, 5.41) is 4.38. The lowest BCUT2D eigenvalue weighted by molar-refractivity contribution is 0.0735. The van der Waals surface area contributed by atoms with Crippen LogP contribution in [0.3, 0.4) is 0 Å². The van der Waals surface area contributed by atoms with Crippen molar-refractivity contribution in [3.8, 4) is 11.3 Å². The summed E-state index contributed by atoms with van der Waals surface area (Å²) in [5.74, 6) is -0.631. The zero-order chi connectivity index (χ0) is 20.5. The molecule has 0 N–H and O–H groups in total. The molecular weight excluding hydrogens is 378 g/mol. The van der Waals surface area contributed by atoms with E-state index in [1.165, 1.54) is 23.1 Å². The molecule has 0 spiro atoms. The number of hydrogen-bond acceptors (Lipinski definition) is 5. The number of carbonyl (C=O) groups is 1. The molecule has 9 heteroatoms. The van der Waals surface area contributed by atoms with Crippen LogP contribution < -0.4 is 4.90 Å². The first-order valence-electron chi connectivity index (χ1n) is 9.25. The zero-order valence-corrected chi connectivity index (χ0v) is 16.1. The Bertz CT molecular complexity index is 1040. The van der Waals surface area contributed by atoms with Crippen molar-refractivity contribution >= 4 is 11.7 Å². The van der Waals surface area contributed by atoms with E-state index in [4.69, 9.17) is 0 Å². The van der Waals surface area contributed by atoms with Crippen molar-refractivity contribution in [3.05, 3.63) is 59.7 Å². The van der Waals surface area contributed by atoms with E-state index in [-0.39, 0.29) is 17.5 Å². The molecule has 0 saturated carbocycles. The predicted octanol–water partition coefficient (Wildman–Crippen LogP) is 2.43. The van der Waals surface area contributed by atoms with Gasteiger partial charge >= 0.3 is 0 Å². The predicted molar refractivity (Wildman–Crippen MR) is 103 cm³/mol. The molecule has 1 aromatic carbocycles. The van der Waals surface area contributed by atoms with Crippen LogP contribution in [0.1, 0.15) is 16.2 Å². The number of rotatable bonds is 3. The van der Waals surface area contributed by atoms with Crippen molar-refractivity contribution in [3.63, 3.8) is 0 Å². The molecule has 3 aromatic rings. The highest BCUT2D eigenvalue weighted by molar-refractivity contribution is 5.94. The van der Waals surface area contributed by atoms with Gasteiger partial charge in [0.25, 0.3) is 5.91 Å². The fourth-order valence-electron chi connectivity index (χ4n) is 3.38. The second-order valence-electron chi connectivity index (χ2n) is 6.92. The number of hydrogen-bond donors (Lipinski definition) is 0. The summed E-state index contributed by atoms with van der Waals surface area (Å²) in [5.41, 5.74) is 2.09. The molecule has 7 nitrogen and oxygen atoms in total. The van der Waals surface area contributed by atoms with Crippen LogP contribution in [-0.4, -0.2) is 56.7 Å². The second-order valence-corrected chi connectivity index (χ2v) is 6.92. The van der Waals surface area contributed by atoms with Crippen molar-refractivity contribution in [1.29, 1.82) is 0 Å². The minimum atomic E-state index is -0.428. The summed E-state index contributed by atoms with van der Waals surface area (Å²) < 4.78 is 28.9. The van der Waals surface area contributed by atoms with E-state index in [0.29, 0.717) is 43.3 Å². The summed E-state index contributed by atoms with van der Waals surface area (Å²) in [6, 6.07) is 7.68. The van der Waals surface area contributed by atoms with Crippen molar-refractivity contribution in [2.45, 2.75) is 6.92 Å². The van der Waals surface area contributed by atoms with Crippen LogP contribution in [0.25, 0.3) is 11.3 Å². The molecule has 150 valence electrons. The summed E-state index contributed by atoms with van der Waals surface area (Å²) >= 11 is 0. The van der Waals surface area contributed by atoms with Crippen LogP contribution in [0, 0.1) is 18.6 Å². The van der Waals surface area contributed by atoms with E-state index in [1.54, 1.807) is 37.1 Å². The van der Waals surface area contributed by atoms with Gasteiger partial charge in [0.05, 0.1) is 11.4 Å². The zero-order valence-electron chi connectivity index (χ0n) is 16.1. The molecular formula is C20H20F2N6O.